The molecule has 0 atom stereocenters. The molecule has 0 fully saturated rings. The first kappa shape index (κ1) is 11.5. The summed E-state index contributed by atoms with van der Waals surface area (Å²) in [6.07, 6.45) is 5.97. The van der Waals surface area contributed by atoms with E-state index in [1.165, 1.54) is 7.11 Å². The number of imidazole rings is 1. The SMILES string of the molecule is COC(=O)c1ccn2cc(Cc3ccco3)nc2c1. The molecule has 0 bridgehead atoms. The van der Waals surface area contributed by atoms with Gasteiger partial charge in [-0.25, -0.2) is 9.78 Å². The maximum absolute atomic E-state index is 11.4. The summed E-state index contributed by atoms with van der Waals surface area (Å²) in [5, 5.41) is 0. The van der Waals surface area contributed by atoms with Crippen LogP contribution in [0, 0.1) is 0 Å². The Morgan fingerprint density at radius 2 is 2.37 bits per heavy atom. The van der Waals surface area contributed by atoms with Gasteiger partial charge in [0, 0.05) is 18.8 Å². The monoisotopic (exact) mass is 256 g/mol. The van der Waals surface area contributed by atoms with E-state index in [0.717, 1.165) is 11.5 Å². The minimum absolute atomic E-state index is 0.363. The lowest BCUT2D eigenvalue weighted by Crippen LogP contribution is -2.01. The molecule has 3 heterocycles. The average Bonchev–Trinajstić information content (AvgIpc) is 3.05. The van der Waals surface area contributed by atoms with Crippen molar-refractivity contribution in [3.63, 3.8) is 0 Å². The van der Waals surface area contributed by atoms with Gasteiger partial charge in [-0.2, -0.15) is 0 Å². The first-order valence-corrected chi connectivity index (χ1v) is 5.84. The van der Waals surface area contributed by atoms with Gasteiger partial charge >= 0.3 is 5.97 Å². The van der Waals surface area contributed by atoms with Crippen molar-refractivity contribution in [1.29, 1.82) is 0 Å². The van der Waals surface area contributed by atoms with Crippen molar-refractivity contribution >= 4 is 11.6 Å². The lowest BCUT2D eigenvalue weighted by atomic mass is 10.3. The standard InChI is InChI=1S/C14H12N2O3/c1-18-14(17)10-4-5-16-9-11(15-13(16)7-10)8-12-3-2-6-19-12/h2-7,9H,8H2,1H3. The number of carbonyl (C=O) groups is 1. The van der Waals surface area contributed by atoms with E-state index < -0.39 is 0 Å². The predicted octanol–water partition coefficient (Wildman–Crippen LogP) is 2.30. The Bertz CT molecular complexity index is 713. The Labute approximate surface area is 109 Å². The zero-order chi connectivity index (χ0) is 13.2. The Hall–Kier alpha value is -2.56. The van der Waals surface area contributed by atoms with Gasteiger partial charge in [-0.3, -0.25) is 0 Å². The number of pyridine rings is 1. The number of methoxy groups -OCH3 is 1. The molecule has 3 aromatic heterocycles. The molecule has 0 aliphatic heterocycles. The Morgan fingerprint density at radius 3 is 3.11 bits per heavy atom. The van der Waals surface area contributed by atoms with Crippen LogP contribution in [-0.4, -0.2) is 22.5 Å². The number of hydrogen-bond donors (Lipinski definition) is 0. The summed E-state index contributed by atoms with van der Waals surface area (Å²) in [7, 11) is 1.36. The third-order valence-electron chi connectivity index (χ3n) is 2.87. The molecule has 3 rings (SSSR count). The summed E-state index contributed by atoms with van der Waals surface area (Å²) in [5.41, 5.74) is 2.09. The van der Waals surface area contributed by atoms with Gasteiger partial charge < -0.3 is 13.6 Å². The van der Waals surface area contributed by atoms with Crippen LogP contribution in [0.2, 0.25) is 0 Å². The molecule has 96 valence electrons. The van der Waals surface area contributed by atoms with E-state index in [0.29, 0.717) is 17.6 Å². The second kappa shape index (κ2) is 4.61. The van der Waals surface area contributed by atoms with E-state index in [9.17, 15) is 4.79 Å². The summed E-state index contributed by atoms with van der Waals surface area (Å²) in [6.45, 7) is 0. The zero-order valence-corrected chi connectivity index (χ0v) is 10.4. The third-order valence-corrected chi connectivity index (χ3v) is 2.87. The van der Waals surface area contributed by atoms with Gasteiger partial charge in [0.1, 0.15) is 11.4 Å². The van der Waals surface area contributed by atoms with Crippen LogP contribution in [0.4, 0.5) is 0 Å². The number of furan rings is 1. The fraction of sp³-hybridized carbons (Fsp3) is 0.143. The quantitative estimate of drug-likeness (QED) is 0.675. The molecule has 0 aliphatic rings. The second-order valence-electron chi connectivity index (χ2n) is 4.16. The van der Waals surface area contributed by atoms with Crippen LogP contribution < -0.4 is 0 Å². The van der Waals surface area contributed by atoms with Gasteiger partial charge in [-0.05, 0) is 24.3 Å². The van der Waals surface area contributed by atoms with Gasteiger partial charge in [0.05, 0.1) is 24.6 Å². The largest absolute Gasteiger partial charge is 0.469 e. The molecule has 0 saturated heterocycles. The highest BCUT2D eigenvalue weighted by Crippen LogP contribution is 2.13. The van der Waals surface area contributed by atoms with Crippen molar-refractivity contribution in [1.82, 2.24) is 9.38 Å². The molecule has 19 heavy (non-hydrogen) atoms. The summed E-state index contributed by atoms with van der Waals surface area (Å²) in [4.78, 5) is 15.9. The van der Waals surface area contributed by atoms with Gasteiger partial charge in [-0.1, -0.05) is 0 Å². The number of hydrogen-bond acceptors (Lipinski definition) is 4. The zero-order valence-electron chi connectivity index (χ0n) is 10.4. The van der Waals surface area contributed by atoms with E-state index in [4.69, 9.17) is 4.42 Å². The summed E-state index contributed by atoms with van der Waals surface area (Å²) in [5.74, 6) is 0.495. The Kier molecular flexibility index (Phi) is 2.79. The minimum atomic E-state index is -0.363. The van der Waals surface area contributed by atoms with Crippen molar-refractivity contribution in [2.45, 2.75) is 6.42 Å². The van der Waals surface area contributed by atoms with Crippen molar-refractivity contribution in [3.05, 3.63) is 59.9 Å². The fourth-order valence-electron chi connectivity index (χ4n) is 1.96. The van der Waals surface area contributed by atoms with Crippen LogP contribution in [0.3, 0.4) is 0 Å². The molecule has 3 aromatic rings. The predicted molar refractivity (Wildman–Crippen MR) is 68.0 cm³/mol. The van der Waals surface area contributed by atoms with Crippen LogP contribution in [-0.2, 0) is 11.2 Å². The summed E-state index contributed by atoms with van der Waals surface area (Å²) < 4.78 is 11.8. The Morgan fingerprint density at radius 1 is 1.47 bits per heavy atom. The molecule has 0 saturated carbocycles. The molecular weight excluding hydrogens is 244 g/mol. The number of carbonyl (C=O) groups excluding carboxylic acids is 1. The number of rotatable bonds is 3. The molecule has 0 N–H and O–H groups in total. The molecule has 0 radical (unpaired) electrons. The maximum atomic E-state index is 11.4. The third kappa shape index (κ3) is 2.22. The molecule has 5 nitrogen and oxygen atoms in total. The fourth-order valence-corrected chi connectivity index (χ4v) is 1.96. The average molecular weight is 256 g/mol. The lowest BCUT2D eigenvalue weighted by Gasteiger charge is -1.98. The van der Waals surface area contributed by atoms with E-state index in [2.05, 4.69) is 9.72 Å². The molecule has 0 amide bonds. The van der Waals surface area contributed by atoms with Crippen LogP contribution in [0.1, 0.15) is 21.8 Å². The van der Waals surface area contributed by atoms with Crippen molar-refractivity contribution in [3.8, 4) is 0 Å². The van der Waals surface area contributed by atoms with Crippen LogP contribution in [0.25, 0.3) is 5.65 Å². The smallest absolute Gasteiger partial charge is 0.338 e. The first-order chi connectivity index (χ1) is 9.26. The number of fused-ring (bicyclic) bond motifs is 1. The lowest BCUT2D eigenvalue weighted by molar-refractivity contribution is 0.0600. The van der Waals surface area contributed by atoms with Gasteiger partial charge in [0.25, 0.3) is 0 Å². The molecule has 0 aliphatic carbocycles. The molecule has 0 aromatic carbocycles. The molecular formula is C14H12N2O3. The van der Waals surface area contributed by atoms with Crippen LogP contribution in [0.15, 0.2) is 47.3 Å². The van der Waals surface area contributed by atoms with Crippen LogP contribution >= 0.6 is 0 Å². The van der Waals surface area contributed by atoms with Gasteiger partial charge in [-0.15, -0.1) is 0 Å². The van der Waals surface area contributed by atoms with Crippen molar-refractivity contribution in [2.75, 3.05) is 7.11 Å². The number of esters is 1. The van der Waals surface area contributed by atoms with Gasteiger partial charge in [0.15, 0.2) is 0 Å². The van der Waals surface area contributed by atoms with Gasteiger partial charge in [0.2, 0.25) is 0 Å². The highest BCUT2D eigenvalue weighted by Gasteiger charge is 2.09. The van der Waals surface area contributed by atoms with E-state index in [1.807, 2.05) is 22.7 Å². The summed E-state index contributed by atoms with van der Waals surface area (Å²) in [6, 6.07) is 7.17. The molecule has 0 spiro atoms. The highest BCUT2D eigenvalue weighted by molar-refractivity contribution is 5.90. The van der Waals surface area contributed by atoms with Crippen molar-refractivity contribution in [2.24, 2.45) is 0 Å². The number of nitrogens with zero attached hydrogens (tertiary/aromatic N) is 2. The normalized spacial score (nSPS) is 10.8. The van der Waals surface area contributed by atoms with E-state index in [1.54, 1.807) is 24.6 Å². The van der Waals surface area contributed by atoms with E-state index in [-0.39, 0.29) is 5.97 Å². The minimum Gasteiger partial charge on any atom is -0.469 e. The molecule has 5 heteroatoms. The number of aromatic nitrogens is 2. The van der Waals surface area contributed by atoms with E-state index >= 15 is 0 Å². The topological polar surface area (TPSA) is 56.7 Å². The second-order valence-corrected chi connectivity index (χ2v) is 4.16. The van der Waals surface area contributed by atoms with Crippen LogP contribution in [0.5, 0.6) is 0 Å². The Balaban J connectivity index is 1.94. The van der Waals surface area contributed by atoms with Crippen molar-refractivity contribution < 1.29 is 13.9 Å². The number of ether oxygens (including phenoxy) is 1. The first-order valence-electron chi connectivity index (χ1n) is 5.84. The highest BCUT2D eigenvalue weighted by atomic mass is 16.5. The summed E-state index contributed by atoms with van der Waals surface area (Å²) >= 11 is 0. The molecule has 0 unspecified atom stereocenters. The maximum Gasteiger partial charge on any atom is 0.338 e.